The Balaban J connectivity index is 1.26. The van der Waals surface area contributed by atoms with Crippen LogP contribution < -0.4 is 10.1 Å². The van der Waals surface area contributed by atoms with Crippen molar-refractivity contribution in [1.29, 1.82) is 0 Å². The van der Waals surface area contributed by atoms with E-state index in [1.807, 2.05) is 30.3 Å². The molecular weight excluding hydrogens is 451 g/mol. The zero-order valence-electron chi connectivity index (χ0n) is 19.0. The molecule has 8 heteroatoms. The third-order valence-electron chi connectivity index (χ3n) is 5.58. The van der Waals surface area contributed by atoms with Crippen molar-refractivity contribution in [2.75, 3.05) is 25.0 Å². The van der Waals surface area contributed by atoms with Crippen molar-refractivity contribution in [1.82, 2.24) is 4.90 Å². The molecule has 3 aromatic rings. The summed E-state index contributed by atoms with van der Waals surface area (Å²) in [6.07, 6.45) is 1.19. The van der Waals surface area contributed by atoms with Gasteiger partial charge in [-0.1, -0.05) is 24.3 Å². The van der Waals surface area contributed by atoms with Crippen molar-refractivity contribution in [3.8, 4) is 11.5 Å². The van der Waals surface area contributed by atoms with Crippen molar-refractivity contribution in [2.24, 2.45) is 5.92 Å². The van der Waals surface area contributed by atoms with Crippen LogP contribution in [0.15, 0.2) is 78.9 Å². The fraction of sp³-hybridized carbons (Fsp3) is 0.222. The summed E-state index contributed by atoms with van der Waals surface area (Å²) in [7, 11) is 0. The first kappa shape index (κ1) is 23.9. The lowest BCUT2D eigenvalue weighted by Gasteiger charge is -2.31. The second-order valence-electron chi connectivity index (χ2n) is 8.20. The number of hydrogen-bond acceptors (Lipinski definition) is 5. The molecule has 1 atom stereocenters. The van der Waals surface area contributed by atoms with E-state index in [9.17, 15) is 18.8 Å². The maximum absolute atomic E-state index is 13.1. The van der Waals surface area contributed by atoms with E-state index < -0.39 is 30.2 Å². The van der Waals surface area contributed by atoms with E-state index in [4.69, 9.17) is 9.47 Å². The topological polar surface area (TPSA) is 84.9 Å². The fourth-order valence-electron chi connectivity index (χ4n) is 3.84. The lowest BCUT2D eigenvalue weighted by molar-refractivity contribution is -0.152. The van der Waals surface area contributed by atoms with Gasteiger partial charge in [0.25, 0.3) is 11.8 Å². The molecular formula is C27H25FN2O5. The predicted octanol–water partition coefficient (Wildman–Crippen LogP) is 4.65. The van der Waals surface area contributed by atoms with E-state index in [1.165, 1.54) is 24.3 Å². The number of anilines is 1. The summed E-state index contributed by atoms with van der Waals surface area (Å²) in [5.41, 5.74) is 0.867. The third kappa shape index (κ3) is 6.66. The van der Waals surface area contributed by atoms with Gasteiger partial charge in [-0.05, 0) is 61.4 Å². The number of nitrogens with zero attached hydrogens (tertiary/aromatic N) is 1. The second kappa shape index (κ2) is 11.3. The molecule has 0 bridgehead atoms. The molecule has 0 aliphatic carbocycles. The summed E-state index contributed by atoms with van der Waals surface area (Å²) in [4.78, 5) is 39.1. The third-order valence-corrected chi connectivity index (χ3v) is 5.58. The van der Waals surface area contributed by atoms with Crippen LogP contribution in [-0.2, 0) is 14.3 Å². The van der Waals surface area contributed by atoms with Crippen LogP contribution in [0, 0.1) is 11.7 Å². The highest BCUT2D eigenvalue weighted by atomic mass is 19.1. The summed E-state index contributed by atoms with van der Waals surface area (Å²) in [5.74, 6) is -0.997. The van der Waals surface area contributed by atoms with Crippen LogP contribution in [0.1, 0.15) is 23.2 Å². The molecule has 2 amide bonds. The number of carbonyl (C=O) groups is 3. The molecule has 0 spiro atoms. The second-order valence-corrected chi connectivity index (χ2v) is 8.20. The molecule has 0 aromatic heterocycles. The normalized spacial score (nSPS) is 15.2. The Kier molecular flexibility index (Phi) is 7.72. The average Bonchev–Trinajstić information content (AvgIpc) is 2.88. The number of esters is 1. The SMILES string of the molecule is O=C(COC(=O)C1CCCN(C(=O)c2ccc(F)cc2)C1)Nc1cccc(Oc2ccccc2)c1. The number of amides is 2. The van der Waals surface area contributed by atoms with Crippen molar-refractivity contribution in [3.05, 3.63) is 90.2 Å². The highest BCUT2D eigenvalue weighted by Crippen LogP contribution is 2.24. The van der Waals surface area contributed by atoms with Gasteiger partial charge in [-0.15, -0.1) is 0 Å². The number of halogens is 1. The number of para-hydroxylation sites is 1. The molecule has 3 aromatic carbocycles. The molecule has 0 radical (unpaired) electrons. The first-order valence-electron chi connectivity index (χ1n) is 11.3. The molecule has 4 rings (SSSR count). The molecule has 1 fully saturated rings. The molecule has 1 aliphatic heterocycles. The van der Waals surface area contributed by atoms with Gasteiger partial charge in [0.15, 0.2) is 6.61 Å². The fourth-order valence-corrected chi connectivity index (χ4v) is 3.84. The Labute approximate surface area is 202 Å². The van der Waals surface area contributed by atoms with Gasteiger partial charge in [0.2, 0.25) is 0 Å². The van der Waals surface area contributed by atoms with E-state index in [1.54, 1.807) is 29.2 Å². The summed E-state index contributed by atoms with van der Waals surface area (Å²) in [5, 5.41) is 2.69. The number of nitrogens with one attached hydrogen (secondary N) is 1. The quantitative estimate of drug-likeness (QED) is 0.502. The van der Waals surface area contributed by atoms with Gasteiger partial charge in [0.1, 0.15) is 17.3 Å². The van der Waals surface area contributed by atoms with Crippen LogP contribution in [0.25, 0.3) is 0 Å². The van der Waals surface area contributed by atoms with Crippen LogP contribution >= 0.6 is 0 Å². The Morgan fingerprint density at radius 1 is 0.943 bits per heavy atom. The largest absolute Gasteiger partial charge is 0.457 e. The number of piperidine rings is 1. The van der Waals surface area contributed by atoms with Crippen LogP contribution in [0.3, 0.4) is 0 Å². The van der Waals surface area contributed by atoms with Crippen molar-refractivity contribution in [2.45, 2.75) is 12.8 Å². The highest BCUT2D eigenvalue weighted by Gasteiger charge is 2.30. The Bertz CT molecular complexity index is 1180. The number of ether oxygens (including phenoxy) is 2. The maximum atomic E-state index is 13.1. The minimum absolute atomic E-state index is 0.190. The van der Waals surface area contributed by atoms with Crippen LogP contribution in [-0.4, -0.2) is 42.4 Å². The molecule has 1 saturated heterocycles. The first-order chi connectivity index (χ1) is 17.0. The summed E-state index contributed by atoms with van der Waals surface area (Å²) < 4.78 is 24.1. The Morgan fingerprint density at radius 2 is 1.69 bits per heavy atom. The van der Waals surface area contributed by atoms with Crippen molar-refractivity contribution >= 4 is 23.5 Å². The summed E-state index contributed by atoms with van der Waals surface area (Å²) in [6, 6.07) is 21.4. The van der Waals surface area contributed by atoms with E-state index in [2.05, 4.69) is 5.32 Å². The van der Waals surface area contributed by atoms with E-state index in [-0.39, 0.29) is 12.5 Å². The van der Waals surface area contributed by atoms with Crippen molar-refractivity contribution in [3.63, 3.8) is 0 Å². The standard InChI is InChI=1S/C27H25FN2O5/c28-21-13-11-19(12-14-21)26(32)30-15-5-6-20(17-30)27(33)34-18-25(31)29-22-7-4-10-24(16-22)35-23-8-2-1-3-9-23/h1-4,7-14,16,20H,5-6,15,17-18H2,(H,29,31). The summed E-state index contributed by atoms with van der Waals surface area (Å²) in [6.45, 7) is 0.252. The lowest BCUT2D eigenvalue weighted by Crippen LogP contribution is -2.43. The lowest BCUT2D eigenvalue weighted by atomic mass is 9.97. The minimum Gasteiger partial charge on any atom is -0.457 e. The van der Waals surface area contributed by atoms with Crippen LogP contribution in [0.2, 0.25) is 0 Å². The zero-order chi connectivity index (χ0) is 24.6. The smallest absolute Gasteiger partial charge is 0.311 e. The Morgan fingerprint density at radius 3 is 2.46 bits per heavy atom. The van der Waals surface area contributed by atoms with Gasteiger partial charge in [-0.3, -0.25) is 14.4 Å². The number of hydrogen-bond donors (Lipinski definition) is 1. The Hall–Kier alpha value is -4.20. The van der Waals surface area contributed by atoms with E-state index in [0.29, 0.717) is 42.1 Å². The van der Waals surface area contributed by atoms with Crippen molar-refractivity contribution < 1.29 is 28.2 Å². The van der Waals surface area contributed by atoms with Crippen LogP contribution in [0.5, 0.6) is 11.5 Å². The number of likely N-dealkylation sites (tertiary alicyclic amines) is 1. The molecule has 180 valence electrons. The van der Waals surface area contributed by atoms with E-state index >= 15 is 0 Å². The molecule has 1 N–H and O–H groups in total. The predicted molar refractivity (Wildman–Crippen MR) is 128 cm³/mol. The first-order valence-corrected chi connectivity index (χ1v) is 11.3. The zero-order valence-corrected chi connectivity index (χ0v) is 19.0. The van der Waals surface area contributed by atoms with Gasteiger partial charge in [-0.25, -0.2) is 4.39 Å². The number of carbonyl (C=O) groups excluding carboxylic acids is 3. The van der Waals surface area contributed by atoms with Gasteiger partial charge in [-0.2, -0.15) is 0 Å². The minimum atomic E-state index is -0.530. The average molecular weight is 477 g/mol. The van der Waals surface area contributed by atoms with Gasteiger partial charge in [0, 0.05) is 30.4 Å². The highest BCUT2D eigenvalue weighted by molar-refractivity contribution is 5.95. The monoisotopic (exact) mass is 476 g/mol. The summed E-state index contributed by atoms with van der Waals surface area (Å²) >= 11 is 0. The molecule has 0 saturated carbocycles. The molecule has 7 nitrogen and oxygen atoms in total. The van der Waals surface area contributed by atoms with Crippen LogP contribution in [0.4, 0.5) is 10.1 Å². The van der Waals surface area contributed by atoms with Gasteiger partial charge < -0.3 is 19.7 Å². The number of benzene rings is 3. The van der Waals surface area contributed by atoms with Gasteiger partial charge in [0.05, 0.1) is 5.92 Å². The molecule has 1 heterocycles. The molecule has 1 aliphatic rings. The molecule has 35 heavy (non-hydrogen) atoms. The number of rotatable bonds is 7. The maximum Gasteiger partial charge on any atom is 0.311 e. The van der Waals surface area contributed by atoms with E-state index in [0.717, 1.165) is 0 Å². The molecule has 1 unspecified atom stereocenters. The van der Waals surface area contributed by atoms with Gasteiger partial charge >= 0.3 is 5.97 Å².